The summed E-state index contributed by atoms with van der Waals surface area (Å²) in [6, 6.07) is 7.95. The lowest BCUT2D eigenvalue weighted by Gasteiger charge is -2.30. The number of carbonyl (C=O) groups is 1. The summed E-state index contributed by atoms with van der Waals surface area (Å²) in [6.07, 6.45) is 7.16. The zero-order chi connectivity index (χ0) is 19.5. The van der Waals surface area contributed by atoms with Crippen LogP contribution in [0.1, 0.15) is 44.6 Å². The van der Waals surface area contributed by atoms with Gasteiger partial charge in [0.1, 0.15) is 0 Å². The molecular formula is C21H34N4O2. The second kappa shape index (κ2) is 10.9. The van der Waals surface area contributed by atoms with E-state index in [-0.39, 0.29) is 5.91 Å². The van der Waals surface area contributed by atoms with E-state index in [9.17, 15) is 4.79 Å². The summed E-state index contributed by atoms with van der Waals surface area (Å²) in [5, 5.41) is 9.70. The van der Waals surface area contributed by atoms with Gasteiger partial charge in [0.2, 0.25) is 5.91 Å². The molecule has 1 aromatic rings. The van der Waals surface area contributed by atoms with Crippen molar-refractivity contribution in [1.82, 2.24) is 10.6 Å². The van der Waals surface area contributed by atoms with Gasteiger partial charge in [-0.15, -0.1) is 0 Å². The number of hydrogen-bond acceptors (Lipinski definition) is 3. The molecule has 0 aromatic heterocycles. The van der Waals surface area contributed by atoms with E-state index in [4.69, 9.17) is 4.74 Å². The second-order valence-electron chi connectivity index (χ2n) is 7.43. The Hall–Kier alpha value is -2.08. The molecule has 150 valence electrons. The van der Waals surface area contributed by atoms with Crippen LogP contribution in [0.5, 0.6) is 0 Å². The second-order valence-corrected chi connectivity index (χ2v) is 7.43. The van der Waals surface area contributed by atoms with Crippen LogP contribution >= 0.6 is 0 Å². The maximum absolute atomic E-state index is 11.1. The Bertz CT molecular complexity index is 607. The Kier molecular flexibility index (Phi) is 8.58. The van der Waals surface area contributed by atoms with Gasteiger partial charge < -0.3 is 20.7 Å². The molecule has 1 saturated carbocycles. The highest BCUT2D eigenvalue weighted by Gasteiger charge is 2.33. The van der Waals surface area contributed by atoms with Gasteiger partial charge in [-0.25, -0.2) is 0 Å². The Morgan fingerprint density at radius 1 is 1.19 bits per heavy atom. The van der Waals surface area contributed by atoms with Gasteiger partial charge in [0.15, 0.2) is 5.96 Å². The van der Waals surface area contributed by atoms with Crippen LogP contribution in [0.25, 0.3) is 0 Å². The first kappa shape index (κ1) is 21.2. The molecule has 0 bridgehead atoms. The van der Waals surface area contributed by atoms with E-state index in [0.717, 1.165) is 44.2 Å². The predicted molar refractivity (Wildman–Crippen MR) is 111 cm³/mol. The SMILES string of the molecule is CN=C(NCCc1ccc(NC(C)=O)cc1)NCC1(CCOC)CCCC1. The molecular weight excluding hydrogens is 340 g/mol. The summed E-state index contributed by atoms with van der Waals surface area (Å²) in [6.45, 7) is 4.09. The van der Waals surface area contributed by atoms with Crippen molar-refractivity contribution in [3.8, 4) is 0 Å². The monoisotopic (exact) mass is 374 g/mol. The third-order valence-corrected chi connectivity index (χ3v) is 5.34. The molecule has 27 heavy (non-hydrogen) atoms. The molecule has 0 saturated heterocycles. The molecule has 1 aromatic carbocycles. The summed E-state index contributed by atoms with van der Waals surface area (Å²) in [4.78, 5) is 15.4. The van der Waals surface area contributed by atoms with Crippen molar-refractivity contribution in [2.75, 3.05) is 39.2 Å². The fraction of sp³-hybridized carbons (Fsp3) is 0.619. The molecule has 1 amide bonds. The van der Waals surface area contributed by atoms with Gasteiger partial charge in [-0.2, -0.15) is 0 Å². The zero-order valence-corrected chi connectivity index (χ0v) is 16.9. The van der Waals surface area contributed by atoms with E-state index in [0.29, 0.717) is 5.41 Å². The number of aliphatic imine (C=N–C) groups is 1. The summed E-state index contributed by atoms with van der Waals surface area (Å²) in [5.41, 5.74) is 2.39. The molecule has 0 unspecified atom stereocenters. The van der Waals surface area contributed by atoms with Gasteiger partial charge in [-0.05, 0) is 48.8 Å². The first-order valence-corrected chi connectivity index (χ1v) is 9.87. The molecule has 6 heteroatoms. The van der Waals surface area contributed by atoms with Crippen LogP contribution in [0.15, 0.2) is 29.3 Å². The molecule has 0 atom stereocenters. The number of methoxy groups -OCH3 is 1. The van der Waals surface area contributed by atoms with Gasteiger partial charge in [-0.3, -0.25) is 9.79 Å². The highest BCUT2D eigenvalue weighted by atomic mass is 16.5. The maximum atomic E-state index is 11.1. The lowest BCUT2D eigenvalue weighted by Crippen LogP contribution is -2.43. The maximum Gasteiger partial charge on any atom is 0.221 e. The van der Waals surface area contributed by atoms with E-state index in [1.54, 1.807) is 7.11 Å². The largest absolute Gasteiger partial charge is 0.385 e. The third kappa shape index (κ3) is 7.21. The molecule has 0 spiro atoms. The number of rotatable bonds is 9. The number of ether oxygens (including phenoxy) is 1. The Balaban J connectivity index is 1.75. The number of guanidine groups is 1. The molecule has 0 radical (unpaired) electrons. The van der Waals surface area contributed by atoms with Crippen molar-refractivity contribution >= 4 is 17.6 Å². The summed E-state index contributed by atoms with van der Waals surface area (Å²) in [5.74, 6) is 0.804. The smallest absolute Gasteiger partial charge is 0.221 e. The van der Waals surface area contributed by atoms with Crippen LogP contribution in [0.4, 0.5) is 5.69 Å². The molecule has 0 aliphatic heterocycles. The Morgan fingerprint density at radius 3 is 2.48 bits per heavy atom. The highest BCUT2D eigenvalue weighted by molar-refractivity contribution is 5.88. The van der Waals surface area contributed by atoms with Gasteiger partial charge in [0.05, 0.1) is 0 Å². The predicted octanol–water partition coefficient (Wildman–Crippen LogP) is 2.95. The Morgan fingerprint density at radius 2 is 1.89 bits per heavy atom. The standard InChI is InChI=1S/C21H34N4O2/c1-17(26)25-19-8-6-18(7-9-19)10-14-23-20(22-2)24-16-21(13-15-27-3)11-4-5-12-21/h6-9H,4-5,10-16H2,1-3H3,(H,25,26)(H2,22,23,24). The molecule has 6 nitrogen and oxygen atoms in total. The first-order chi connectivity index (χ1) is 13.1. The lowest BCUT2D eigenvalue weighted by molar-refractivity contribution is -0.114. The summed E-state index contributed by atoms with van der Waals surface area (Å²) >= 11 is 0. The fourth-order valence-corrected chi connectivity index (χ4v) is 3.73. The van der Waals surface area contributed by atoms with Crippen molar-refractivity contribution in [1.29, 1.82) is 0 Å². The number of carbonyl (C=O) groups excluding carboxylic acids is 1. The minimum atomic E-state index is -0.0511. The fourth-order valence-electron chi connectivity index (χ4n) is 3.73. The number of nitrogens with one attached hydrogen (secondary N) is 3. The van der Waals surface area contributed by atoms with Gasteiger partial charge in [-0.1, -0.05) is 25.0 Å². The highest BCUT2D eigenvalue weighted by Crippen LogP contribution is 2.40. The van der Waals surface area contributed by atoms with Crippen LogP contribution in [-0.2, 0) is 16.0 Å². The quantitative estimate of drug-likeness (QED) is 0.459. The van der Waals surface area contributed by atoms with Crippen LogP contribution in [0, 0.1) is 5.41 Å². The minimum Gasteiger partial charge on any atom is -0.385 e. The molecule has 0 heterocycles. The van der Waals surface area contributed by atoms with Crippen LogP contribution in [-0.4, -0.2) is 45.7 Å². The molecule has 1 aliphatic carbocycles. The van der Waals surface area contributed by atoms with Gasteiger partial charge in [0.25, 0.3) is 0 Å². The molecule has 1 aliphatic rings. The first-order valence-electron chi connectivity index (χ1n) is 9.87. The molecule has 1 fully saturated rings. The van der Waals surface area contributed by atoms with E-state index >= 15 is 0 Å². The number of nitrogens with zero attached hydrogens (tertiary/aromatic N) is 1. The van der Waals surface area contributed by atoms with Crippen LogP contribution in [0.3, 0.4) is 0 Å². The Labute approximate surface area is 163 Å². The van der Waals surface area contributed by atoms with Crippen molar-refractivity contribution in [3.05, 3.63) is 29.8 Å². The third-order valence-electron chi connectivity index (χ3n) is 5.34. The topological polar surface area (TPSA) is 74.8 Å². The number of benzene rings is 1. The van der Waals surface area contributed by atoms with Crippen LogP contribution < -0.4 is 16.0 Å². The van der Waals surface area contributed by atoms with E-state index in [2.05, 4.69) is 20.9 Å². The minimum absolute atomic E-state index is 0.0511. The van der Waals surface area contributed by atoms with Crippen LogP contribution in [0.2, 0.25) is 0 Å². The van der Waals surface area contributed by atoms with E-state index in [1.807, 2.05) is 31.3 Å². The van der Waals surface area contributed by atoms with Gasteiger partial charge in [0, 0.05) is 46.5 Å². The van der Waals surface area contributed by atoms with Gasteiger partial charge >= 0.3 is 0 Å². The summed E-state index contributed by atoms with van der Waals surface area (Å²) in [7, 11) is 3.59. The average molecular weight is 375 g/mol. The summed E-state index contributed by atoms with van der Waals surface area (Å²) < 4.78 is 5.31. The van der Waals surface area contributed by atoms with Crippen molar-refractivity contribution in [2.24, 2.45) is 10.4 Å². The van der Waals surface area contributed by atoms with E-state index in [1.165, 1.54) is 38.2 Å². The number of amides is 1. The number of hydrogen-bond donors (Lipinski definition) is 3. The van der Waals surface area contributed by atoms with Crippen molar-refractivity contribution in [3.63, 3.8) is 0 Å². The van der Waals surface area contributed by atoms with Crippen molar-refractivity contribution < 1.29 is 9.53 Å². The van der Waals surface area contributed by atoms with Crippen molar-refractivity contribution in [2.45, 2.75) is 45.4 Å². The zero-order valence-electron chi connectivity index (χ0n) is 16.9. The normalized spacial score (nSPS) is 16.2. The number of anilines is 1. The molecule has 2 rings (SSSR count). The molecule has 3 N–H and O–H groups in total. The average Bonchev–Trinajstić information content (AvgIpc) is 3.13. The van der Waals surface area contributed by atoms with E-state index < -0.39 is 0 Å². The lowest BCUT2D eigenvalue weighted by atomic mass is 9.83.